The number of ether oxygens (including phenoxy) is 1. The summed E-state index contributed by atoms with van der Waals surface area (Å²) < 4.78 is 18.3. The molecule has 2 aromatic rings. The number of ketones is 1. The predicted octanol–water partition coefficient (Wildman–Crippen LogP) is 3.27. The van der Waals surface area contributed by atoms with Crippen LogP contribution in [0.25, 0.3) is 0 Å². The molecular formula is C14H14O3S2. The highest BCUT2D eigenvalue weighted by molar-refractivity contribution is 7.86. The highest BCUT2D eigenvalue weighted by Crippen LogP contribution is 2.25. The van der Waals surface area contributed by atoms with Crippen molar-refractivity contribution in [3.63, 3.8) is 0 Å². The summed E-state index contributed by atoms with van der Waals surface area (Å²) in [6.45, 7) is 1.52. The Morgan fingerprint density at radius 2 is 2.16 bits per heavy atom. The Labute approximate surface area is 118 Å². The first-order valence-electron chi connectivity index (χ1n) is 5.71. The molecule has 1 aromatic heterocycles. The van der Waals surface area contributed by atoms with Crippen molar-refractivity contribution in [3.8, 4) is 5.75 Å². The van der Waals surface area contributed by atoms with Crippen molar-refractivity contribution >= 4 is 27.9 Å². The van der Waals surface area contributed by atoms with E-state index in [0.717, 1.165) is 9.77 Å². The van der Waals surface area contributed by atoms with Gasteiger partial charge in [0.2, 0.25) is 0 Å². The first kappa shape index (κ1) is 14.0. The third kappa shape index (κ3) is 3.30. The van der Waals surface area contributed by atoms with Crippen molar-refractivity contribution in [2.75, 3.05) is 7.11 Å². The average Bonchev–Trinajstić information content (AvgIpc) is 2.92. The zero-order valence-corrected chi connectivity index (χ0v) is 12.3. The highest BCUT2D eigenvalue weighted by Gasteiger charge is 2.12. The summed E-state index contributed by atoms with van der Waals surface area (Å²) in [5.74, 6) is 1.01. The first-order valence-corrected chi connectivity index (χ1v) is 7.91. The van der Waals surface area contributed by atoms with E-state index in [0.29, 0.717) is 17.1 Å². The molecule has 2 rings (SSSR count). The third-order valence-corrected chi connectivity index (χ3v) is 5.36. The molecule has 0 aliphatic rings. The SMILES string of the molecule is COc1ccc(C(C)=O)cc1CS(=O)c1cccs1. The maximum Gasteiger partial charge on any atom is 0.159 e. The Morgan fingerprint density at radius 1 is 1.37 bits per heavy atom. The lowest BCUT2D eigenvalue weighted by Gasteiger charge is -2.09. The summed E-state index contributed by atoms with van der Waals surface area (Å²) in [6.07, 6.45) is 0. The van der Waals surface area contributed by atoms with Gasteiger partial charge in [-0.2, -0.15) is 0 Å². The summed E-state index contributed by atoms with van der Waals surface area (Å²) >= 11 is 1.47. The number of Topliss-reactive ketones (excluding diaryl/α,β-unsaturated/α-hetero) is 1. The fourth-order valence-corrected chi connectivity index (χ4v) is 3.82. The van der Waals surface area contributed by atoms with Gasteiger partial charge in [0.05, 0.1) is 27.9 Å². The number of carbonyl (C=O) groups is 1. The lowest BCUT2D eigenvalue weighted by Crippen LogP contribution is -2.01. The van der Waals surface area contributed by atoms with Gasteiger partial charge < -0.3 is 4.74 Å². The van der Waals surface area contributed by atoms with E-state index in [1.54, 1.807) is 25.3 Å². The minimum absolute atomic E-state index is 0.00851. The maximum absolute atomic E-state index is 12.2. The summed E-state index contributed by atoms with van der Waals surface area (Å²) in [6, 6.07) is 8.95. The van der Waals surface area contributed by atoms with Gasteiger partial charge in [0.25, 0.3) is 0 Å². The van der Waals surface area contributed by atoms with Crippen LogP contribution in [0.4, 0.5) is 0 Å². The molecule has 0 saturated heterocycles. The Balaban J connectivity index is 2.30. The smallest absolute Gasteiger partial charge is 0.159 e. The van der Waals surface area contributed by atoms with E-state index in [4.69, 9.17) is 4.74 Å². The van der Waals surface area contributed by atoms with Gasteiger partial charge in [-0.1, -0.05) is 6.07 Å². The highest BCUT2D eigenvalue weighted by atomic mass is 32.2. The zero-order valence-electron chi connectivity index (χ0n) is 10.7. The molecule has 0 aliphatic heterocycles. The van der Waals surface area contributed by atoms with Crippen LogP contribution >= 0.6 is 11.3 Å². The molecule has 0 spiro atoms. The second-order valence-electron chi connectivity index (χ2n) is 4.00. The van der Waals surface area contributed by atoms with Crippen molar-refractivity contribution in [3.05, 3.63) is 46.8 Å². The zero-order chi connectivity index (χ0) is 13.8. The summed E-state index contributed by atoms with van der Waals surface area (Å²) in [4.78, 5) is 11.4. The molecule has 0 N–H and O–H groups in total. The van der Waals surface area contributed by atoms with Gasteiger partial charge in [0, 0.05) is 11.1 Å². The Morgan fingerprint density at radius 3 is 2.74 bits per heavy atom. The molecular weight excluding hydrogens is 280 g/mol. The average molecular weight is 294 g/mol. The van der Waals surface area contributed by atoms with Gasteiger partial charge in [-0.25, -0.2) is 0 Å². The molecule has 0 saturated carbocycles. The van der Waals surface area contributed by atoms with Gasteiger partial charge in [-0.05, 0) is 36.6 Å². The van der Waals surface area contributed by atoms with Crippen molar-refractivity contribution in [2.45, 2.75) is 16.9 Å². The lowest BCUT2D eigenvalue weighted by atomic mass is 10.1. The number of thiophene rings is 1. The Bertz CT molecular complexity index is 603. The van der Waals surface area contributed by atoms with E-state index in [-0.39, 0.29) is 5.78 Å². The number of hydrogen-bond donors (Lipinski definition) is 0. The van der Waals surface area contributed by atoms with E-state index < -0.39 is 10.8 Å². The van der Waals surface area contributed by atoms with Gasteiger partial charge in [0.15, 0.2) is 5.78 Å². The molecule has 1 heterocycles. The second-order valence-corrected chi connectivity index (χ2v) is 6.63. The van der Waals surface area contributed by atoms with Gasteiger partial charge >= 0.3 is 0 Å². The second kappa shape index (κ2) is 6.12. The van der Waals surface area contributed by atoms with E-state index in [1.165, 1.54) is 18.3 Å². The van der Waals surface area contributed by atoms with E-state index in [1.807, 2.05) is 17.5 Å². The van der Waals surface area contributed by atoms with Crippen LogP contribution in [0, 0.1) is 0 Å². The first-order chi connectivity index (χ1) is 9.11. The van der Waals surface area contributed by atoms with Crippen LogP contribution in [0.3, 0.4) is 0 Å². The molecule has 19 heavy (non-hydrogen) atoms. The summed E-state index contributed by atoms with van der Waals surface area (Å²) in [5.41, 5.74) is 1.40. The van der Waals surface area contributed by atoms with Crippen molar-refractivity contribution in [1.29, 1.82) is 0 Å². The van der Waals surface area contributed by atoms with Crippen molar-refractivity contribution in [1.82, 2.24) is 0 Å². The van der Waals surface area contributed by atoms with Crippen LogP contribution in [0.2, 0.25) is 0 Å². The minimum Gasteiger partial charge on any atom is -0.496 e. The molecule has 3 nitrogen and oxygen atoms in total. The van der Waals surface area contributed by atoms with Crippen LogP contribution in [0.5, 0.6) is 5.75 Å². The van der Waals surface area contributed by atoms with Crippen LogP contribution < -0.4 is 4.74 Å². The van der Waals surface area contributed by atoms with Gasteiger partial charge in [-0.15, -0.1) is 11.3 Å². The number of hydrogen-bond acceptors (Lipinski definition) is 4. The topological polar surface area (TPSA) is 43.4 Å². The van der Waals surface area contributed by atoms with Crippen LogP contribution in [0.15, 0.2) is 39.9 Å². The molecule has 0 bridgehead atoms. The molecule has 1 atom stereocenters. The fourth-order valence-electron chi connectivity index (χ4n) is 1.72. The number of carbonyl (C=O) groups excluding carboxylic acids is 1. The molecule has 0 aliphatic carbocycles. The van der Waals surface area contributed by atoms with Crippen molar-refractivity contribution < 1.29 is 13.7 Å². The Kier molecular flexibility index (Phi) is 4.50. The van der Waals surface area contributed by atoms with E-state index in [9.17, 15) is 9.00 Å². The number of methoxy groups -OCH3 is 1. The number of rotatable bonds is 5. The minimum atomic E-state index is -1.11. The standard InChI is InChI=1S/C14H14O3S2/c1-10(15)11-5-6-13(17-2)12(8-11)9-19(16)14-4-3-7-18-14/h3-8H,9H2,1-2H3. The summed E-state index contributed by atoms with van der Waals surface area (Å²) in [7, 11) is 0.460. The van der Waals surface area contributed by atoms with Crippen LogP contribution in [0.1, 0.15) is 22.8 Å². The van der Waals surface area contributed by atoms with Gasteiger partial charge in [0.1, 0.15) is 5.75 Å². The maximum atomic E-state index is 12.2. The molecule has 5 heteroatoms. The van der Waals surface area contributed by atoms with Gasteiger partial charge in [-0.3, -0.25) is 9.00 Å². The normalized spacial score (nSPS) is 12.1. The Hall–Kier alpha value is -1.46. The largest absolute Gasteiger partial charge is 0.496 e. The van der Waals surface area contributed by atoms with Crippen LogP contribution in [-0.4, -0.2) is 17.1 Å². The van der Waals surface area contributed by atoms with Crippen molar-refractivity contribution in [2.24, 2.45) is 0 Å². The monoisotopic (exact) mass is 294 g/mol. The summed E-state index contributed by atoms with van der Waals surface area (Å²) in [5, 5.41) is 1.90. The van der Waals surface area contributed by atoms with E-state index >= 15 is 0 Å². The van der Waals surface area contributed by atoms with E-state index in [2.05, 4.69) is 0 Å². The molecule has 0 radical (unpaired) electrons. The predicted molar refractivity (Wildman–Crippen MR) is 77.4 cm³/mol. The molecule has 0 amide bonds. The van der Waals surface area contributed by atoms with Crippen LogP contribution in [-0.2, 0) is 16.6 Å². The molecule has 100 valence electrons. The fraction of sp³-hybridized carbons (Fsp3) is 0.214. The lowest BCUT2D eigenvalue weighted by molar-refractivity contribution is 0.101. The number of benzene rings is 1. The molecule has 1 unspecified atom stereocenters. The molecule has 1 aromatic carbocycles. The quantitative estimate of drug-likeness (QED) is 0.795. The molecule has 0 fully saturated rings. The third-order valence-electron chi connectivity index (χ3n) is 2.69.